The predicted molar refractivity (Wildman–Crippen MR) is 95.7 cm³/mol. The van der Waals surface area contributed by atoms with Gasteiger partial charge in [0.2, 0.25) is 10.0 Å². The first-order chi connectivity index (χ1) is 10.7. The summed E-state index contributed by atoms with van der Waals surface area (Å²) in [5.74, 6) is 0.972. The fourth-order valence-electron chi connectivity index (χ4n) is 2.30. The van der Waals surface area contributed by atoms with Gasteiger partial charge in [0.15, 0.2) is 0 Å². The summed E-state index contributed by atoms with van der Waals surface area (Å²) < 4.78 is 33.8. The molecule has 1 aromatic carbocycles. The molecule has 0 amide bonds. The van der Waals surface area contributed by atoms with Gasteiger partial charge in [0.05, 0.1) is 6.61 Å². The molecule has 0 saturated carbocycles. The van der Waals surface area contributed by atoms with E-state index in [9.17, 15) is 8.42 Å². The van der Waals surface area contributed by atoms with Crippen molar-refractivity contribution >= 4 is 10.0 Å². The predicted octanol–water partition coefficient (Wildman–Crippen LogP) is 4.23. The number of hydrogen-bond donors (Lipinski definition) is 1. The summed E-state index contributed by atoms with van der Waals surface area (Å²) >= 11 is 0. The Morgan fingerprint density at radius 1 is 1.17 bits per heavy atom. The van der Waals surface area contributed by atoms with Crippen molar-refractivity contribution in [3.63, 3.8) is 0 Å². The van der Waals surface area contributed by atoms with Gasteiger partial charge < -0.3 is 4.74 Å². The molecule has 1 N–H and O–H groups in total. The maximum Gasteiger partial charge on any atom is 0.244 e. The van der Waals surface area contributed by atoms with Gasteiger partial charge in [-0.1, -0.05) is 41.0 Å². The van der Waals surface area contributed by atoms with Crippen molar-refractivity contribution < 1.29 is 13.2 Å². The Hall–Kier alpha value is -1.07. The summed E-state index contributed by atoms with van der Waals surface area (Å²) in [5.41, 5.74) is 2.10. The molecule has 0 aliphatic carbocycles. The molecule has 1 aromatic rings. The van der Waals surface area contributed by atoms with Gasteiger partial charge in [-0.2, -0.15) is 0 Å². The van der Waals surface area contributed by atoms with Crippen LogP contribution in [0.2, 0.25) is 0 Å². The minimum absolute atomic E-state index is 0.253. The molecule has 0 spiro atoms. The minimum atomic E-state index is -3.57. The molecule has 0 aromatic heterocycles. The van der Waals surface area contributed by atoms with Gasteiger partial charge >= 0.3 is 0 Å². The molecule has 0 aliphatic heterocycles. The number of hydrogen-bond acceptors (Lipinski definition) is 3. The highest BCUT2D eigenvalue weighted by Gasteiger charge is 2.22. The average molecular weight is 342 g/mol. The van der Waals surface area contributed by atoms with E-state index in [1.54, 1.807) is 6.07 Å². The summed E-state index contributed by atoms with van der Waals surface area (Å²) in [6, 6.07) is 3.62. The molecule has 0 fully saturated rings. The number of benzene rings is 1. The van der Waals surface area contributed by atoms with E-state index in [-0.39, 0.29) is 16.7 Å². The zero-order chi connectivity index (χ0) is 17.6. The zero-order valence-electron chi connectivity index (χ0n) is 15.3. The number of rotatable bonds is 9. The minimum Gasteiger partial charge on any atom is -0.492 e. The second-order valence-electron chi connectivity index (χ2n) is 6.76. The molecule has 5 heteroatoms. The molecule has 0 saturated heterocycles. The van der Waals surface area contributed by atoms with Crippen LogP contribution in [0.15, 0.2) is 17.0 Å². The Kier molecular flexibility index (Phi) is 7.55. The fraction of sp³-hybridized carbons (Fsp3) is 0.667. The smallest absolute Gasteiger partial charge is 0.244 e. The Bertz CT molecular complexity index is 607. The van der Waals surface area contributed by atoms with Crippen LogP contribution >= 0.6 is 0 Å². The van der Waals surface area contributed by atoms with E-state index in [2.05, 4.69) is 25.5 Å². The molecule has 0 bridgehead atoms. The molecule has 132 valence electrons. The lowest BCUT2D eigenvalue weighted by atomic mass is 9.98. The van der Waals surface area contributed by atoms with E-state index in [1.165, 1.54) is 0 Å². The van der Waals surface area contributed by atoms with Crippen LogP contribution < -0.4 is 9.46 Å². The summed E-state index contributed by atoms with van der Waals surface area (Å²) in [6.07, 6.45) is 1.92. The van der Waals surface area contributed by atoms with Crippen molar-refractivity contribution in [3.8, 4) is 5.75 Å². The Morgan fingerprint density at radius 2 is 1.83 bits per heavy atom. The number of ether oxygens (including phenoxy) is 1. The Labute approximate surface area is 141 Å². The second kappa shape index (κ2) is 8.69. The van der Waals surface area contributed by atoms with E-state index >= 15 is 0 Å². The van der Waals surface area contributed by atoms with Crippen LogP contribution in [-0.2, 0) is 10.0 Å². The number of sulfonamides is 1. The zero-order valence-corrected chi connectivity index (χ0v) is 16.1. The average Bonchev–Trinajstić information content (AvgIpc) is 2.45. The third-order valence-electron chi connectivity index (χ3n) is 3.68. The van der Waals surface area contributed by atoms with Gasteiger partial charge in [0.25, 0.3) is 0 Å². The van der Waals surface area contributed by atoms with E-state index in [0.29, 0.717) is 18.9 Å². The van der Waals surface area contributed by atoms with Gasteiger partial charge in [-0.25, -0.2) is 13.1 Å². The normalized spacial score (nSPS) is 12.2. The lowest BCUT2D eigenvalue weighted by Crippen LogP contribution is -2.28. The summed E-state index contributed by atoms with van der Waals surface area (Å²) in [5, 5.41) is 0. The molecular weight excluding hydrogens is 310 g/mol. The van der Waals surface area contributed by atoms with Crippen LogP contribution in [0.4, 0.5) is 0 Å². The quantitative estimate of drug-likeness (QED) is 0.684. The summed E-state index contributed by atoms with van der Waals surface area (Å²) in [4.78, 5) is 0.253. The van der Waals surface area contributed by atoms with Crippen LogP contribution in [0.5, 0.6) is 5.75 Å². The SMILES string of the molecule is CCCCOc1cc(C)c(C(C)C)cc1S(=O)(=O)NCC(C)C. The highest BCUT2D eigenvalue weighted by Crippen LogP contribution is 2.31. The van der Waals surface area contributed by atoms with E-state index in [1.807, 2.05) is 26.8 Å². The molecule has 1 rings (SSSR count). The lowest BCUT2D eigenvalue weighted by Gasteiger charge is -2.18. The first kappa shape index (κ1) is 20.0. The van der Waals surface area contributed by atoms with Gasteiger partial charge in [-0.3, -0.25) is 0 Å². The first-order valence-corrected chi connectivity index (χ1v) is 9.94. The molecule has 0 radical (unpaired) electrons. The maximum atomic E-state index is 12.7. The largest absolute Gasteiger partial charge is 0.492 e. The van der Waals surface area contributed by atoms with Crippen molar-refractivity contribution in [3.05, 3.63) is 23.3 Å². The van der Waals surface area contributed by atoms with Crippen molar-refractivity contribution in [2.75, 3.05) is 13.2 Å². The standard InChI is InChI=1S/C18H31NO3S/c1-7-8-9-22-17-10-15(6)16(14(4)5)11-18(17)23(20,21)19-12-13(2)3/h10-11,13-14,19H,7-9,12H2,1-6H3. The molecule has 4 nitrogen and oxygen atoms in total. The van der Waals surface area contributed by atoms with Gasteiger partial charge in [0, 0.05) is 6.54 Å². The van der Waals surface area contributed by atoms with Crippen molar-refractivity contribution in [1.82, 2.24) is 4.72 Å². The van der Waals surface area contributed by atoms with E-state index in [0.717, 1.165) is 24.0 Å². The van der Waals surface area contributed by atoms with E-state index < -0.39 is 10.0 Å². The summed E-state index contributed by atoms with van der Waals surface area (Å²) in [7, 11) is -3.57. The Balaban J connectivity index is 3.25. The third kappa shape index (κ3) is 5.81. The van der Waals surface area contributed by atoms with Gasteiger partial charge in [0.1, 0.15) is 10.6 Å². The van der Waals surface area contributed by atoms with Crippen molar-refractivity contribution in [2.45, 2.75) is 65.2 Å². The fourth-order valence-corrected chi connectivity index (χ4v) is 3.68. The number of nitrogens with one attached hydrogen (secondary N) is 1. The van der Waals surface area contributed by atoms with Crippen LogP contribution in [0, 0.1) is 12.8 Å². The van der Waals surface area contributed by atoms with Crippen LogP contribution in [0.1, 0.15) is 64.5 Å². The second-order valence-corrected chi connectivity index (χ2v) is 8.49. The van der Waals surface area contributed by atoms with Crippen LogP contribution in [-0.4, -0.2) is 21.6 Å². The lowest BCUT2D eigenvalue weighted by molar-refractivity contribution is 0.301. The number of aryl methyl sites for hydroxylation is 1. The van der Waals surface area contributed by atoms with Crippen molar-refractivity contribution in [2.24, 2.45) is 5.92 Å². The maximum absolute atomic E-state index is 12.7. The highest BCUT2D eigenvalue weighted by molar-refractivity contribution is 7.89. The van der Waals surface area contributed by atoms with Gasteiger partial charge in [-0.15, -0.1) is 0 Å². The molecule has 0 atom stereocenters. The monoisotopic (exact) mass is 341 g/mol. The molecule has 0 aliphatic rings. The third-order valence-corrected chi connectivity index (χ3v) is 5.13. The molecular formula is C18H31NO3S. The van der Waals surface area contributed by atoms with Crippen LogP contribution in [0.25, 0.3) is 0 Å². The topological polar surface area (TPSA) is 55.4 Å². The van der Waals surface area contributed by atoms with Gasteiger partial charge in [-0.05, 0) is 48.4 Å². The highest BCUT2D eigenvalue weighted by atomic mass is 32.2. The van der Waals surface area contributed by atoms with Crippen molar-refractivity contribution in [1.29, 1.82) is 0 Å². The molecule has 0 unspecified atom stereocenters. The number of unbranched alkanes of at least 4 members (excludes halogenated alkanes) is 1. The molecule has 0 heterocycles. The Morgan fingerprint density at radius 3 is 2.35 bits per heavy atom. The van der Waals surface area contributed by atoms with E-state index in [4.69, 9.17) is 4.74 Å². The first-order valence-electron chi connectivity index (χ1n) is 8.46. The van der Waals surface area contributed by atoms with Crippen LogP contribution in [0.3, 0.4) is 0 Å². The molecule has 23 heavy (non-hydrogen) atoms. The summed E-state index contributed by atoms with van der Waals surface area (Å²) in [6.45, 7) is 13.1.